The van der Waals surface area contributed by atoms with Crippen LogP contribution in [0.25, 0.3) is 11.4 Å². The molecule has 0 aliphatic heterocycles. The Balaban J connectivity index is 1.40. The lowest BCUT2D eigenvalue weighted by Gasteiger charge is -2.10. The molecular weight excluding hydrogens is 427 g/mol. The van der Waals surface area contributed by atoms with Crippen LogP contribution in [0.3, 0.4) is 0 Å². The molecule has 3 rings (SSSR count). The van der Waals surface area contributed by atoms with Crippen LogP contribution in [0.15, 0.2) is 40.9 Å². The molecule has 0 aliphatic rings. The first-order chi connectivity index (χ1) is 14.8. The molecule has 3 aromatic rings. The highest BCUT2D eigenvalue weighted by Gasteiger charge is 2.16. The molecule has 10 heteroatoms. The van der Waals surface area contributed by atoms with Gasteiger partial charge in [-0.1, -0.05) is 16.8 Å². The number of aryl methyl sites for hydroxylation is 2. The Kier molecular flexibility index (Phi) is 7.19. The second-order valence-electron chi connectivity index (χ2n) is 6.70. The molecule has 0 saturated heterocycles. The number of aromatic nitrogens is 2. The van der Waals surface area contributed by atoms with E-state index in [0.29, 0.717) is 16.3 Å². The summed E-state index contributed by atoms with van der Waals surface area (Å²) in [6, 6.07) is 8.99. The van der Waals surface area contributed by atoms with Gasteiger partial charge in [0, 0.05) is 23.7 Å². The number of hydrogen-bond donors (Lipinski definition) is 2. The van der Waals surface area contributed by atoms with Crippen molar-refractivity contribution in [3.63, 3.8) is 0 Å². The molecular formula is C21H20ClFN4O4. The molecule has 0 bridgehead atoms. The van der Waals surface area contributed by atoms with Gasteiger partial charge >= 0.3 is 11.8 Å². The number of amides is 2. The van der Waals surface area contributed by atoms with E-state index in [1.165, 1.54) is 24.3 Å². The minimum absolute atomic E-state index is 0.151. The van der Waals surface area contributed by atoms with E-state index in [1.54, 1.807) is 12.1 Å². The molecule has 2 N–H and O–H groups in total. The molecule has 2 amide bonds. The van der Waals surface area contributed by atoms with E-state index in [-0.39, 0.29) is 37.3 Å². The molecule has 162 valence electrons. The van der Waals surface area contributed by atoms with Gasteiger partial charge in [-0.2, -0.15) is 4.98 Å². The summed E-state index contributed by atoms with van der Waals surface area (Å²) in [6.45, 7) is 3.89. The van der Waals surface area contributed by atoms with Crippen LogP contribution < -0.4 is 15.4 Å². The predicted molar refractivity (Wildman–Crippen MR) is 111 cm³/mol. The van der Waals surface area contributed by atoms with Crippen molar-refractivity contribution >= 4 is 23.4 Å². The summed E-state index contributed by atoms with van der Waals surface area (Å²) in [5.41, 5.74) is 2.24. The molecule has 31 heavy (non-hydrogen) atoms. The first-order valence-corrected chi connectivity index (χ1v) is 9.75. The fourth-order valence-corrected chi connectivity index (χ4v) is 2.78. The summed E-state index contributed by atoms with van der Waals surface area (Å²) in [7, 11) is 0. The molecule has 0 aliphatic carbocycles. The van der Waals surface area contributed by atoms with Crippen molar-refractivity contribution in [1.29, 1.82) is 0 Å². The zero-order valence-corrected chi connectivity index (χ0v) is 17.6. The summed E-state index contributed by atoms with van der Waals surface area (Å²) >= 11 is 6.11. The normalized spacial score (nSPS) is 10.6. The lowest BCUT2D eigenvalue weighted by Crippen LogP contribution is -2.36. The third-order valence-corrected chi connectivity index (χ3v) is 4.83. The standard InChI is InChI=1S/C21H20ClFN4O4/c1-12-9-16(10-13(2)18(12)22)30-11-17(28)24-7-8-25-20(29)21-26-19(27-31-21)14-3-5-15(23)6-4-14/h3-6,9-10H,7-8,11H2,1-2H3,(H,24,28)(H,25,29). The number of hydrogen-bond acceptors (Lipinski definition) is 6. The van der Waals surface area contributed by atoms with Gasteiger partial charge in [0.05, 0.1) is 0 Å². The van der Waals surface area contributed by atoms with Gasteiger partial charge in [0.2, 0.25) is 5.82 Å². The first kappa shape index (κ1) is 22.2. The van der Waals surface area contributed by atoms with E-state index in [1.807, 2.05) is 13.8 Å². The lowest BCUT2D eigenvalue weighted by atomic mass is 10.1. The van der Waals surface area contributed by atoms with Crippen LogP contribution in [0.1, 0.15) is 21.8 Å². The zero-order chi connectivity index (χ0) is 22.4. The number of rotatable bonds is 8. The van der Waals surface area contributed by atoms with Crippen molar-refractivity contribution in [3.8, 4) is 17.1 Å². The Morgan fingerprint density at radius 3 is 2.42 bits per heavy atom. The number of ether oxygens (including phenoxy) is 1. The van der Waals surface area contributed by atoms with Gasteiger partial charge in [0.25, 0.3) is 5.91 Å². The van der Waals surface area contributed by atoms with Gasteiger partial charge < -0.3 is 19.9 Å². The SMILES string of the molecule is Cc1cc(OCC(=O)NCCNC(=O)c2nc(-c3ccc(F)cc3)no2)cc(C)c1Cl. The highest BCUT2D eigenvalue weighted by molar-refractivity contribution is 6.32. The monoisotopic (exact) mass is 446 g/mol. The molecule has 1 aromatic heterocycles. The Bertz CT molecular complexity index is 1060. The zero-order valence-electron chi connectivity index (χ0n) is 16.9. The number of nitrogens with one attached hydrogen (secondary N) is 2. The molecule has 0 spiro atoms. The van der Waals surface area contributed by atoms with Crippen LogP contribution in [-0.4, -0.2) is 41.7 Å². The summed E-state index contributed by atoms with van der Waals surface area (Å²) in [5.74, 6) is -0.827. The number of carbonyl (C=O) groups is 2. The van der Waals surface area contributed by atoms with Crippen LogP contribution >= 0.6 is 11.6 Å². The van der Waals surface area contributed by atoms with E-state index in [2.05, 4.69) is 20.8 Å². The van der Waals surface area contributed by atoms with Gasteiger partial charge in [-0.3, -0.25) is 9.59 Å². The van der Waals surface area contributed by atoms with Gasteiger partial charge in [-0.25, -0.2) is 4.39 Å². The van der Waals surface area contributed by atoms with Crippen molar-refractivity contribution in [1.82, 2.24) is 20.8 Å². The van der Waals surface area contributed by atoms with E-state index < -0.39 is 11.7 Å². The highest BCUT2D eigenvalue weighted by Crippen LogP contribution is 2.25. The highest BCUT2D eigenvalue weighted by atomic mass is 35.5. The number of halogens is 2. The maximum atomic E-state index is 13.0. The molecule has 0 fully saturated rings. The van der Waals surface area contributed by atoms with Crippen LogP contribution in [0.5, 0.6) is 5.75 Å². The number of carbonyl (C=O) groups excluding carboxylic acids is 2. The second kappa shape index (κ2) is 10.0. The van der Waals surface area contributed by atoms with E-state index in [0.717, 1.165) is 11.1 Å². The van der Waals surface area contributed by atoms with Crippen LogP contribution in [0.2, 0.25) is 5.02 Å². The predicted octanol–water partition coefficient (Wildman–Crippen LogP) is 3.07. The summed E-state index contributed by atoms with van der Waals surface area (Å²) in [6.07, 6.45) is 0. The van der Waals surface area contributed by atoms with Crippen molar-refractivity contribution in [2.45, 2.75) is 13.8 Å². The van der Waals surface area contributed by atoms with Crippen LogP contribution in [0, 0.1) is 19.7 Å². The molecule has 0 radical (unpaired) electrons. The average molecular weight is 447 g/mol. The lowest BCUT2D eigenvalue weighted by molar-refractivity contribution is -0.123. The second-order valence-corrected chi connectivity index (χ2v) is 7.07. The molecule has 8 nitrogen and oxygen atoms in total. The third kappa shape index (κ3) is 6.02. The largest absolute Gasteiger partial charge is 0.484 e. The summed E-state index contributed by atoms with van der Waals surface area (Å²) < 4.78 is 23.4. The number of nitrogens with zero attached hydrogens (tertiary/aromatic N) is 2. The first-order valence-electron chi connectivity index (χ1n) is 9.37. The maximum Gasteiger partial charge on any atom is 0.316 e. The Labute approximate surface area is 182 Å². The number of benzene rings is 2. The molecule has 0 unspecified atom stereocenters. The van der Waals surface area contributed by atoms with Gasteiger partial charge in [0.1, 0.15) is 11.6 Å². The molecule has 1 heterocycles. The van der Waals surface area contributed by atoms with E-state index in [9.17, 15) is 14.0 Å². The average Bonchev–Trinajstić information content (AvgIpc) is 3.24. The summed E-state index contributed by atoms with van der Waals surface area (Å²) in [4.78, 5) is 28.0. The fraction of sp³-hybridized carbons (Fsp3) is 0.238. The Morgan fingerprint density at radius 2 is 1.74 bits per heavy atom. The van der Waals surface area contributed by atoms with Crippen molar-refractivity contribution in [2.24, 2.45) is 0 Å². The van der Waals surface area contributed by atoms with Gasteiger partial charge in [0.15, 0.2) is 6.61 Å². The van der Waals surface area contributed by atoms with Crippen molar-refractivity contribution in [3.05, 3.63) is 64.3 Å². The topological polar surface area (TPSA) is 106 Å². The summed E-state index contributed by atoms with van der Waals surface area (Å²) in [5, 5.41) is 9.55. The van der Waals surface area contributed by atoms with E-state index in [4.69, 9.17) is 20.9 Å². The van der Waals surface area contributed by atoms with Crippen LogP contribution in [-0.2, 0) is 4.79 Å². The van der Waals surface area contributed by atoms with Crippen LogP contribution in [0.4, 0.5) is 4.39 Å². The smallest absolute Gasteiger partial charge is 0.316 e. The molecule has 0 atom stereocenters. The molecule has 0 saturated carbocycles. The van der Waals surface area contributed by atoms with Crippen molar-refractivity contribution in [2.75, 3.05) is 19.7 Å². The van der Waals surface area contributed by atoms with Gasteiger partial charge in [-0.05, 0) is 61.4 Å². The maximum absolute atomic E-state index is 13.0. The van der Waals surface area contributed by atoms with Gasteiger partial charge in [-0.15, -0.1) is 0 Å². The minimum Gasteiger partial charge on any atom is -0.484 e. The quantitative estimate of drug-likeness (QED) is 0.515. The van der Waals surface area contributed by atoms with Crippen molar-refractivity contribution < 1.29 is 23.2 Å². The van der Waals surface area contributed by atoms with E-state index >= 15 is 0 Å². The molecule has 2 aromatic carbocycles. The Hall–Kier alpha value is -3.46. The fourth-order valence-electron chi connectivity index (χ4n) is 2.67. The third-order valence-electron chi connectivity index (χ3n) is 4.24. The Morgan fingerprint density at radius 1 is 1.10 bits per heavy atom. The minimum atomic E-state index is -0.585.